The molecule has 0 saturated heterocycles. The summed E-state index contributed by atoms with van der Waals surface area (Å²) in [6.45, 7) is -0.194. The van der Waals surface area contributed by atoms with Crippen LogP contribution < -0.4 is 0 Å². The number of nitrogens with zero attached hydrogens (tertiary/aromatic N) is 1. The van der Waals surface area contributed by atoms with Gasteiger partial charge in [-0.1, -0.05) is 5.16 Å². The molecule has 0 fully saturated rings. The highest BCUT2D eigenvalue weighted by Gasteiger charge is 1.40. The van der Waals surface area contributed by atoms with Gasteiger partial charge in [-0.25, -0.2) is 0 Å². The van der Waals surface area contributed by atoms with Gasteiger partial charge in [-0.2, -0.15) is 4.39 Å². The Balaban J connectivity index is 2.55. The second kappa shape index (κ2) is 2.40. The highest BCUT2D eigenvalue weighted by atomic mass is 19.1. The zero-order valence-electron chi connectivity index (χ0n) is 1.85. The van der Waals surface area contributed by atoms with Crippen molar-refractivity contribution in [2.24, 2.45) is 5.16 Å². The summed E-state index contributed by atoms with van der Waals surface area (Å²) in [5.41, 5.74) is 0. The monoisotopic (exact) mass is 63.0 g/mol. The van der Waals surface area contributed by atoms with E-state index in [9.17, 15) is 4.39 Å². The lowest BCUT2D eigenvalue weighted by atomic mass is 11.6. The van der Waals surface area contributed by atoms with Crippen molar-refractivity contribution in [1.82, 2.24) is 0 Å². The fourth-order valence-electron chi connectivity index (χ4n) is 0. The summed E-state index contributed by atoms with van der Waals surface area (Å²) in [6.07, 6.45) is 0. The SMILES string of the molecule is O/N=C/F. The van der Waals surface area contributed by atoms with Gasteiger partial charge in [-0.15, -0.1) is 0 Å². The molecule has 24 valence electrons. The Labute approximate surface area is 22.5 Å². The van der Waals surface area contributed by atoms with Crippen molar-refractivity contribution in [2.75, 3.05) is 0 Å². The van der Waals surface area contributed by atoms with Crippen LogP contribution in [0.1, 0.15) is 0 Å². The second-order valence-corrected chi connectivity index (χ2v) is 0.213. The van der Waals surface area contributed by atoms with Crippen molar-refractivity contribution >= 4 is 6.47 Å². The zero-order chi connectivity index (χ0) is 3.41. The molecule has 0 atom stereocenters. The molecule has 0 aliphatic carbocycles. The fourth-order valence-corrected chi connectivity index (χ4v) is 0. The number of oxime groups is 1. The van der Waals surface area contributed by atoms with Gasteiger partial charge < -0.3 is 5.21 Å². The molecule has 1 N–H and O–H groups in total. The molecule has 0 aliphatic rings. The van der Waals surface area contributed by atoms with Crippen LogP contribution in [-0.2, 0) is 0 Å². The van der Waals surface area contributed by atoms with Crippen LogP contribution in [0.15, 0.2) is 5.16 Å². The third-order valence-corrected chi connectivity index (χ3v) is 0.0436. The maximum atomic E-state index is 10.2. The minimum atomic E-state index is -0.194. The van der Waals surface area contributed by atoms with Gasteiger partial charge >= 0.3 is 0 Å². The lowest BCUT2D eigenvalue weighted by Gasteiger charge is -1.50. The molecule has 0 heterocycles. The van der Waals surface area contributed by atoms with Crippen LogP contribution in [0.25, 0.3) is 0 Å². The predicted molar refractivity (Wildman–Crippen MR) is 11.4 cm³/mol. The smallest absolute Gasteiger partial charge is 0.214 e. The zero-order valence-corrected chi connectivity index (χ0v) is 1.85. The van der Waals surface area contributed by atoms with E-state index in [2.05, 4.69) is 0 Å². The Kier molecular flexibility index (Phi) is 2.04. The van der Waals surface area contributed by atoms with Gasteiger partial charge in [0.25, 0.3) is 0 Å². The standard InChI is InChI=1S/CH2FNO/c2-1-3-4/h1,4H/b3-1+. The topological polar surface area (TPSA) is 32.6 Å². The lowest BCUT2D eigenvalue weighted by molar-refractivity contribution is 0.315. The highest BCUT2D eigenvalue weighted by molar-refractivity contribution is 5.42. The number of hydrogen-bond donors (Lipinski definition) is 1. The molecule has 0 spiro atoms. The van der Waals surface area contributed by atoms with Crippen LogP contribution in [0.2, 0.25) is 0 Å². The molecule has 3 heteroatoms. The van der Waals surface area contributed by atoms with Gasteiger partial charge in [0.2, 0.25) is 6.47 Å². The largest absolute Gasteiger partial charge is 0.409 e. The van der Waals surface area contributed by atoms with E-state index in [-0.39, 0.29) is 6.47 Å². The molecule has 0 rings (SSSR count). The van der Waals surface area contributed by atoms with Crippen molar-refractivity contribution in [3.8, 4) is 0 Å². The molecule has 0 aromatic carbocycles. The molecular weight excluding hydrogens is 61.0 g/mol. The Morgan fingerprint density at radius 3 is 2.25 bits per heavy atom. The minimum absolute atomic E-state index is 0.194. The molecule has 0 radical (unpaired) electrons. The molecule has 0 bridgehead atoms. The van der Waals surface area contributed by atoms with Crippen molar-refractivity contribution in [3.63, 3.8) is 0 Å². The van der Waals surface area contributed by atoms with Gasteiger partial charge in [0.05, 0.1) is 0 Å². The summed E-state index contributed by atoms with van der Waals surface area (Å²) in [6, 6.07) is 0. The molecule has 0 saturated carbocycles. The van der Waals surface area contributed by atoms with Crippen LogP contribution >= 0.6 is 0 Å². The lowest BCUT2D eigenvalue weighted by Crippen LogP contribution is -1.45. The van der Waals surface area contributed by atoms with Crippen molar-refractivity contribution in [3.05, 3.63) is 0 Å². The third-order valence-electron chi connectivity index (χ3n) is 0.0436. The molecular formula is CH2FNO. The highest BCUT2D eigenvalue weighted by Crippen LogP contribution is 1.44. The summed E-state index contributed by atoms with van der Waals surface area (Å²) >= 11 is 0. The van der Waals surface area contributed by atoms with Crippen LogP contribution in [-0.4, -0.2) is 11.7 Å². The average Bonchev–Trinajstić information content (AvgIpc) is 1.37. The van der Waals surface area contributed by atoms with E-state index in [0.717, 1.165) is 0 Å². The summed E-state index contributed by atoms with van der Waals surface area (Å²) in [4.78, 5) is 0. The first-order valence-electron chi connectivity index (χ1n) is 0.676. The molecule has 0 aromatic heterocycles. The normalized spacial score (nSPS) is 9.25. The number of hydrogen-bond acceptors (Lipinski definition) is 2. The maximum Gasteiger partial charge on any atom is 0.214 e. The fraction of sp³-hybridized carbons (Fsp3) is 0. The Bertz CT molecular complexity index is 23.2. The summed E-state index contributed by atoms with van der Waals surface area (Å²) in [7, 11) is 0. The van der Waals surface area contributed by atoms with Gasteiger partial charge in [-0.3, -0.25) is 0 Å². The van der Waals surface area contributed by atoms with Gasteiger partial charge in [0.15, 0.2) is 0 Å². The van der Waals surface area contributed by atoms with E-state index < -0.39 is 0 Å². The summed E-state index contributed by atoms with van der Waals surface area (Å²) < 4.78 is 10.2. The third kappa shape index (κ3) is 1.40. The van der Waals surface area contributed by atoms with Gasteiger partial charge in [-0.05, 0) is 0 Å². The first-order chi connectivity index (χ1) is 1.91. The van der Waals surface area contributed by atoms with E-state index in [1.807, 2.05) is 5.16 Å². The predicted octanol–water partition coefficient (Wildman–Crippen LogP) is 0.373. The minimum Gasteiger partial charge on any atom is -0.409 e. The van der Waals surface area contributed by atoms with Crippen LogP contribution in [0, 0.1) is 0 Å². The number of halogens is 1. The van der Waals surface area contributed by atoms with E-state index in [0.29, 0.717) is 0 Å². The maximum absolute atomic E-state index is 10.2. The van der Waals surface area contributed by atoms with Crippen molar-refractivity contribution in [2.45, 2.75) is 0 Å². The second-order valence-electron chi connectivity index (χ2n) is 0.213. The van der Waals surface area contributed by atoms with Crippen LogP contribution in [0.3, 0.4) is 0 Å². The van der Waals surface area contributed by atoms with Crippen molar-refractivity contribution < 1.29 is 9.60 Å². The quantitative estimate of drug-likeness (QED) is 0.246. The van der Waals surface area contributed by atoms with E-state index in [4.69, 9.17) is 5.21 Å². The van der Waals surface area contributed by atoms with E-state index >= 15 is 0 Å². The average molecular weight is 63.0 g/mol. The summed E-state index contributed by atoms with van der Waals surface area (Å²) in [5.74, 6) is 0. The van der Waals surface area contributed by atoms with Crippen molar-refractivity contribution in [1.29, 1.82) is 0 Å². The Morgan fingerprint density at radius 2 is 2.25 bits per heavy atom. The molecule has 2 nitrogen and oxygen atoms in total. The van der Waals surface area contributed by atoms with E-state index in [1.54, 1.807) is 0 Å². The first-order valence-corrected chi connectivity index (χ1v) is 0.676. The van der Waals surface area contributed by atoms with Crippen LogP contribution in [0.4, 0.5) is 4.39 Å². The van der Waals surface area contributed by atoms with Gasteiger partial charge in [0.1, 0.15) is 0 Å². The van der Waals surface area contributed by atoms with Gasteiger partial charge in [0, 0.05) is 0 Å². The molecule has 4 heavy (non-hydrogen) atoms. The Morgan fingerprint density at radius 1 is 2.00 bits per heavy atom. The Hall–Kier alpha value is -0.600. The van der Waals surface area contributed by atoms with E-state index in [1.165, 1.54) is 0 Å². The molecule has 0 unspecified atom stereocenters. The van der Waals surface area contributed by atoms with Crippen LogP contribution in [0.5, 0.6) is 0 Å². The first kappa shape index (κ1) is 3.40. The molecule has 0 amide bonds. The summed E-state index contributed by atoms with van der Waals surface area (Å²) in [5, 5.41) is 9.01. The number of rotatable bonds is 0. The molecule has 0 aliphatic heterocycles. The molecule has 0 aromatic rings.